The van der Waals surface area contributed by atoms with E-state index in [0.29, 0.717) is 6.61 Å². The third kappa shape index (κ3) is 20.4. The molecule has 0 saturated heterocycles. The van der Waals surface area contributed by atoms with Crippen LogP contribution in [-0.2, 0) is 9.53 Å². The van der Waals surface area contributed by atoms with Crippen molar-refractivity contribution in [3.05, 3.63) is 0 Å². The van der Waals surface area contributed by atoms with Crippen molar-refractivity contribution in [1.29, 1.82) is 0 Å². The molecule has 1 atom stereocenters. The third-order valence-electron chi connectivity index (χ3n) is 4.01. The second kappa shape index (κ2) is 19.5. The zero-order chi connectivity index (χ0) is 15.8. The molecule has 0 N–H and O–H groups in total. The molecule has 0 amide bonds. The molecule has 0 fully saturated rings. The summed E-state index contributed by atoms with van der Waals surface area (Å²) in [5, 5.41) is 10.1. The molecule has 0 aromatic rings. The van der Waals surface area contributed by atoms with Crippen LogP contribution in [0.4, 0.5) is 0 Å². The minimum absolute atomic E-state index is 0. The fourth-order valence-electron chi connectivity index (χ4n) is 2.61. The van der Waals surface area contributed by atoms with Crippen LogP contribution in [0.15, 0.2) is 0 Å². The van der Waals surface area contributed by atoms with Crippen molar-refractivity contribution in [1.82, 2.24) is 0 Å². The minimum Gasteiger partial charge on any atom is -0.548 e. The summed E-state index contributed by atoms with van der Waals surface area (Å²) in [6.45, 7) is 4.93. The number of hydrogen-bond donors (Lipinski definition) is 0. The van der Waals surface area contributed by atoms with Crippen LogP contribution in [0.5, 0.6) is 0 Å². The van der Waals surface area contributed by atoms with E-state index in [9.17, 15) is 9.90 Å². The molecule has 126 valence electrons. The van der Waals surface area contributed by atoms with Gasteiger partial charge in [-0.2, -0.15) is 0 Å². The summed E-state index contributed by atoms with van der Waals surface area (Å²) in [4.78, 5) is 10.1. The van der Waals surface area contributed by atoms with Crippen LogP contribution in [0.2, 0.25) is 0 Å². The van der Waals surface area contributed by atoms with E-state index in [1.807, 2.05) is 0 Å². The van der Waals surface area contributed by atoms with Crippen molar-refractivity contribution in [2.24, 2.45) is 5.92 Å². The Morgan fingerprint density at radius 3 is 1.95 bits per heavy atom. The first kappa shape index (κ1) is 24.7. The van der Waals surface area contributed by atoms with Gasteiger partial charge in [-0.15, -0.1) is 0 Å². The van der Waals surface area contributed by atoms with Gasteiger partial charge in [-0.1, -0.05) is 84.5 Å². The maximum Gasteiger partial charge on any atom is 1.00 e. The molecule has 0 aromatic carbocycles. The van der Waals surface area contributed by atoms with Gasteiger partial charge in [0.25, 0.3) is 0 Å². The molecule has 0 spiro atoms. The van der Waals surface area contributed by atoms with E-state index in [1.54, 1.807) is 0 Å². The molecule has 0 aliphatic rings. The Balaban J connectivity index is 0. The Bertz CT molecular complexity index is 234. The van der Waals surface area contributed by atoms with Crippen LogP contribution in [0.3, 0.4) is 0 Å². The first-order valence-electron chi connectivity index (χ1n) is 8.94. The predicted molar refractivity (Wildman–Crippen MR) is 86.1 cm³/mol. The van der Waals surface area contributed by atoms with E-state index in [0.717, 1.165) is 18.8 Å². The quantitative estimate of drug-likeness (QED) is 0.316. The first-order chi connectivity index (χ1) is 10.2. The van der Waals surface area contributed by atoms with Crippen LogP contribution in [0, 0.1) is 5.92 Å². The zero-order valence-corrected chi connectivity index (χ0v) is 17.2. The van der Waals surface area contributed by atoms with Gasteiger partial charge in [-0.05, 0) is 12.3 Å². The van der Waals surface area contributed by atoms with Gasteiger partial charge in [0, 0.05) is 6.61 Å². The minimum atomic E-state index is -1.13. The first-order valence-corrected chi connectivity index (χ1v) is 8.94. The number of carbonyl (C=O) groups is 1. The summed E-state index contributed by atoms with van der Waals surface area (Å²) in [7, 11) is 0. The summed E-state index contributed by atoms with van der Waals surface area (Å²) >= 11 is 0. The number of ether oxygens (including phenoxy) is 1. The normalized spacial score (nSPS) is 11.9. The van der Waals surface area contributed by atoms with E-state index in [2.05, 4.69) is 13.8 Å². The second-order valence-corrected chi connectivity index (χ2v) is 6.29. The van der Waals surface area contributed by atoms with Gasteiger partial charge >= 0.3 is 29.6 Å². The molecular formula is C18H35NaO3. The van der Waals surface area contributed by atoms with E-state index in [-0.39, 0.29) is 36.2 Å². The largest absolute Gasteiger partial charge is 1.00 e. The molecule has 0 bridgehead atoms. The summed E-state index contributed by atoms with van der Waals surface area (Å²) in [6, 6.07) is 0. The predicted octanol–water partition coefficient (Wildman–Crippen LogP) is 1.09. The SMILES string of the molecule is CCCCC(C)CCCCCCCCCCOCC(=O)[O-].[Na+]. The smallest absolute Gasteiger partial charge is 0.548 e. The average Bonchev–Trinajstić information content (AvgIpc) is 2.45. The Morgan fingerprint density at radius 1 is 0.909 bits per heavy atom. The van der Waals surface area contributed by atoms with Gasteiger partial charge in [0.05, 0.1) is 12.6 Å². The standard InChI is InChI=1S/C18H36O3.Na/c1-3-4-13-17(2)14-11-9-7-5-6-8-10-12-15-21-16-18(19)20;/h17H,3-16H2,1-2H3,(H,19,20);/q;+1/p-1. The van der Waals surface area contributed by atoms with Crippen molar-refractivity contribution in [3.8, 4) is 0 Å². The number of aliphatic carboxylic acids is 1. The molecule has 0 aliphatic carbocycles. The maximum atomic E-state index is 10.1. The number of carboxylic acids is 1. The molecule has 0 radical (unpaired) electrons. The van der Waals surface area contributed by atoms with E-state index < -0.39 is 5.97 Å². The summed E-state index contributed by atoms with van der Waals surface area (Å²) < 4.78 is 4.94. The summed E-state index contributed by atoms with van der Waals surface area (Å²) in [5.41, 5.74) is 0. The monoisotopic (exact) mass is 322 g/mol. The van der Waals surface area contributed by atoms with Crippen LogP contribution in [0.25, 0.3) is 0 Å². The molecule has 0 rings (SSSR count). The fraction of sp³-hybridized carbons (Fsp3) is 0.944. The topological polar surface area (TPSA) is 49.4 Å². The number of carboxylic acid groups (broad SMARTS) is 1. The summed E-state index contributed by atoms with van der Waals surface area (Å²) in [6.07, 6.45) is 15.6. The Kier molecular flexibility index (Phi) is 21.8. The second-order valence-electron chi connectivity index (χ2n) is 6.29. The van der Waals surface area contributed by atoms with Crippen molar-refractivity contribution in [2.75, 3.05) is 13.2 Å². The van der Waals surface area contributed by atoms with Gasteiger partial charge in [-0.25, -0.2) is 0 Å². The van der Waals surface area contributed by atoms with Crippen molar-refractivity contribution in [3.63, 3.8) is 0 Å². The van der Waals surface area contributed by atoms with Crippen molar-refractivity contribution in [2.45, 2.75) is 90.9 Å². The molecule has 0 saturated carbocycles. The van der Waals surface area contributed by atoms with Gasteiger partial charge in [0.2, 0.25) is 0 Å². The molecule has 0 aromatic heterocycles. The fourth-order valence-corrected chi connectivity index (χ4v) is 2.61. The zero-order valence-electron chi connectivity index (χ0n) is 15.2. The number of hydrogen-bond acceptors (Lipinski definition) is 3. The third-order valence-corrected chi connectivity index (χ3v) is 4.01. The molecule has 22 heavy (non-hydrogen) atoms. The molecule has 0 heterocycles. The molecule has 0 aliphatic heterocycles. The molecule has 1 unspecified atom stereocenters. The van der Waals surface area contributed by atoms with E-state index >= 15 is 0 Å². The maximum absolute atomic E-state index is 10.1. The van der Waals surface area contributed by atoms with Crippen LogP contribution >= 0.6 is 0 Å². The van der Waals surface area contributed by atoms with Gasteiger partial charge in [-0.3, -0.25) is 0 Å². The molecule has 4 heteroatoms. The number of unbranched alkanes of at least 4 members (excludes halogenated alkanes) is 8. The Morgan fingerprint density at radius 2 is 1.41 bits per heavy atom. The van der Waals surface area contributed by atoms with Crippen molar-refractivity contribution < 1.29 is 44.2 Å². The van der Waals surface area contributed by atoms with Crippen LogP contribution in [0.1, 0.15) is 90.9 Å². The van der Waals surface area contributed by atoms with Gasteiger partial charge in [0.15, 0.2) is 0 Å². The number of rotatable bonds is 16. The Labute approximate surface area is 159 Å². The average molecular weight is 322 g/mol. The van der Waals surface area contributed by atoms with Gasteiger partial charge < -0.3 is 14.6 Å². The molecule has 3 nitrogen and oxygen atoms in total. The summed E-state index contributed by atoms with van der Waals surface area (Å²) in [5.74, 6) is -0.218. The number of carbonyl (C=O) groups excluding carboxylic acids is 1. The van der Waals surface area contributed by atoms with Crippen molar-refractivity contribution >= 4 is 5.97 Å². The van der Waals surface area contributed by atoms with E-state index in [4.69, 9.17) is 4.74 Å². The van der Waals surface area contributed by atoms with Crippen LogP contribution in [-0.4, -0.2) is 19.2 Å². The van der Waals surface area contributed by atoms with E-state index in [1.165, 1.54) is 64.2 Å². The molecular weight excluding hydrogens is 287 g/mol. The van der Waals surface area contributed by atoms with Crippen LogP contribution < -0.4 is 34.7 Å². The Hall–Kier alpha value is 0.430. The van der Waals surface area contributed by atoms with Gasteiger partial charge in [0.1, 0.15) is 0 Å².